The zero-order valence-electron chi connectivity index (χ0n) is 9.40. The van der Waals surface area contributed by atoms with Gasteiger partial charge in [0, 0.05) is 10.4 Å². The maximum atomic E-state index is 6.08. The van der Waals surface area contributed by atoms with Gasteiger partial charge >= 0.3 is 0 Å². The Balaban J connectivity index is 2.37. The Morgan fingerprint density at radius 1 is 0.944 bits per heavy atom. The van der Waals surface area contributed by atoms with Gasteiger partial charge in [0.15, 0.2) is 0 Å². The number of hydrogen-bond acceptors (Lipinski definition) is 1. The number of fused-ring (bicyclic) bond motifs is 1. The highest BCUT2D eigenvalue weighted by molar-refractivity contribution is 9.10. The smallest absolute Gasteiger partial charge is 0.107 e. The van der Waals surface area contributed by atoms with Gasteiger partial charge in [0.2, 0.25) is 0 Å². The maximum Gasteiger partial charge on any atom is 0.107 e. The van der Waals surface area contributed by atoms with Gasteiger partial charge in [0.05, 0.1) is 5.52 Å². The molecule has 0 spiro atoms. The molecule has 0 N–H and O–H groups in total. The lowest BCUT2D eigenvalue weighted by Crippen LogP contribution is -1.86. The Bertz CT molecular complexity index is 710. The SMILES string of the molecule is Clc1ccc2nc(Br)cc(-c3ccccc3)c2c1. The van der Waals surface area contributed by atoms with Gasteiger partial charge in [-0.05, 0) is 51.3 Å². The molecule has 3 aromatic rings. The standard InChI is InChI=1S/C15H9BrClN/c16-15-9-12(10-4-2-1-3-5-10)13-8-11(17)6-7-14(13)18-15/h1-9H. The summed E-state index contributed by atoms with van der Waals surface area (Å²) in [6, 6.07) is 18.0. The Labute approximate surface area is 119 Å². The second-order valence-electron chi connectivity index (χ2n) is 4.02. The highest BCUT2D eigenvalue weighted by atomic mass is 79.9. The monoisotopic (exact) mass is 317 g/mol. The fraction of sp³-hybridized carbons (Fsp3) is 0. The van der Waals surface area contributed by atoms with Crippen molar-refractivity contribution in [2.75, 3.05) is 0 Å². The van der Waals surface area contributed by atoms with Crippen LogP contribution in [0.1, 0.15) is 0 Å². The van der Waals surface area contributed by atoms with Crippen molar-refractivity contribution in [3.05, 3.63) is 64.2 Å². The van der Waals surface area contributed by atoms with Crippen LogP contribution in [0.4, 0.5) is 0 Å². The van der Waals surface area contributed by atoms with Gasteiger partial charge in [-0.1, -0.05) is 41.9 Å². The molecule has 0 aliphatic rings. The summed E-state index contributed by atoms with van der Waals surface area (Å²) in [6.07, 6.45) is 0. The van der Waals surface area contributed by atoms with Gasteiger partial charge in [-0.3, -0.25) is 0 Å². The predicted octanol–water partition coefficient (Wildman–Crippen LogP) is 5.32. The van der Waals surface area contributed by atoms with E-state index in [9.17, 15) is 0 Å². The molecule has 0 fully saturated rings. The number of hydrogen-bond donors (Lipinski definition) is 0. The van der Waals surface area contributed by atoms with Crippen LogP contribution in [-0.2, 0) is 0 Å². The summed E-state index contributed by atoms with van der Waals surface area (Å²) in [7, 11) is 0. The lowest BCUT2D eigenvalue weighted by molar-refractivity contribution is 1.35. The molecule has 1 heterocycles. The Kier molecular flexibility index (Phi) is 3.06. The van der Waals surface area contributed by atoms with Crippen molar-refractivity contribution in [2.24, 2.45) is 0 Å². The Hall–Kier alpha value is -1.38. The van der Waals surface area contributed by atoms with E-state index in [2.05, 4.69) is 33.0 Å². The summed E-state index contributed by atoms with van der Waals surface area (Å²) >= 11 is 9.53. The van der Waals surface area contributed by atoms with Crippen LogP contribution in [0, 0.1) is 0 Å². The molecular weight excluding hydrogens is 310 g/mol. The van der Waals surface area contributed by atoms with Crippen LogP contribution in [-0.4, -0.2) is 4.98 Å². The molecule has 0 aliphatic carbocycles. The predicted molar refractivity (Wildman–Crippen MR) is 79.9 cm³/mol. The van der Waals surface area contributed by atoms with E-state index < -0.39 is 0 Å². The molecule has 0 amide bonds. The van der Waals surface area contributed by atoms with Gasteiger partial charge in [0.25, 0.3) is 0 Å². The average molecular weight is 319 g/mol. The molecule has 0 radical (unpaired) electrons. The fourth-order valence-electron chi connectivity index (χ4n) is 2.02. The molecule has 1 nitrogen and oxygen atoms in total. The third kappa shape index (κ3) is 2.14. The molecular formula is C15H9BrClN. The summed E-state index contributed by atoms with van der Waals surface area (Å²) in [6.45, 7) is 0. The normalized spacial score (nSPS) is 10.8. The zero-order valence-corrected chi connectivity index (χ0v) is 11.7. The molecule has 0 unspecified atom stereocenters. The Morgan fingerprint density at radius 3 is 2.50 bits per heavy atom. The molecule has 3 heteroatoms. The lowest BCUT2D eigenvalue weighted by Gasteiger charge is -2.07. The number of benzene rings is 2. The summed E-state index contributed by atoms with van der Waals surface area (Å²) in [5, 5.41) is 1.79. The zero-order chi connectivity index (χ0) is 12.5. The first-order chi connectivity index (χ1) is 8.74. The van der Waals surface area contributed by atoms with Crippen LogP contribution in [0.3, 0.4) is 0 Å². The van der Waals surface area contributed by atoms with Gasteiger partial charge in [-0.25, -0.2) is 4.98 Å². The topological polar surface area (TPSA) is 12.9 Å². The van der Waals surface area contributed by atoms with Crippen LogP contribution in [0.25, 0.3) is 22.0 Å². The largest absolute Gasteiger partial charge is 0.241 e. The Morgan fingerprint density at radius 2 is 1.72 bits per heavy atom. The maximum absolute atomic E-state index is 6.08. The minimum atomic E-state index is 0.726. The van der Waals surface area contributed by atoms with Crippen molar-refractivity contribution in [2.45, 2.75) is 0 Å². The summed E-state index contributed by atoms with van der Waals surface area (Å²) in [4.78, 5) is 4.46. The van der Waals surface area contributed by atoms with E-state index in [-0.39, 0.29) is 0 Å². The molecule has 88 valence electrons. The van der Waals surface area contributed by atoms with Crippen LogP contribution in [0.2, 0.25) is 5.02 Å². The van der Waals surface area contributed by atoms with Gasteiger partial charge in [0.1, 0.15) is 4.60 Å². The number of nitrogens with zero attached hydrogens (tertiary/aromatic N) is 1. The van der Waals surface area contributed by atoms with E-state index in [0.717, 1.165) is 31.7 Å². The van der Waals surface area contributed by atoms with Crippen LogP contribution in [0.5, 0.6) is 0 Å². The van der Waals surface area contributed by atoms with E-state index in [1.54, 1.807) is 0 Å². The van der Waals surface area contributed by atoms with Gasteiger partial charge in [-0.2, -0.15) is 0 Å². The molecule has 0 atom stereocenters. The van der Waals surface area contributed by atoms with Crippen molar-refractivity contribution < 1.29 is 0 Å². The number of pyridine rings is 1. The molecule has 0 aliphatic heterocycles. The first-order valence-electron chi connectivity index (χ1n) is 5.55. The van der Waals surface area contributed by atoms with Crippen LogP contribution >= 0.6 is 27.5 Å². The number of aromatic nitrogens is 1. The molecule has 0 bridgehead atoms. The summed E-state index contributed by atoms with van der Waals surface area (Å²) < 4.78 is 0.830. The van der Waals surface area contributed by atoms with Crippen molar-refractivity contribution in [3.8, 4) is 11.1 Å². The highest BCUT2D eigenvalue weighted by Crippen LogP contribution is 2.31. The molecule has 0 saturated carbocycles. The number of halogens is 2. The second-order valence-corrected chi connectivity index (χ2v) is 5.27. The van der Waals surface area contributed by atoms with E-state index >= 15 is 0 Å². The van der Waals surface area contributed by atoms with Crippen molar-refractivity contribution in [1.29, 1.82) is 0 Å². The average Bonchev–Trinajstić information content (AvgIpc) is 2.39. The third-order valence-electron chi connectivity index (χ3n) is 2.82. The highest BCUT2D eigenvalue weighted by Gasteiger charge is 2.07. The van der Waals surface area contributed by atoms with Gasteiger partial charge < -0.3 is 0 Å². The number of rotatable bonds is 1. The molecule has 0 saturated heterocycles. The summed E-state index contributed by atoms with van der Waals surface area (Å²) in [5.41, 5.74) is 3.23. The van der Waals surface area contributed by atoms with Crippen molar-refractivity contribution in [1.82, 2.24) is 4.98 Å². The minimum Gasteiger partial charge on any atom is -0.241 e. The van der Waals surface area contributed by atoms with Crippen LogP contribution in [0.15, 0.2) is 59.2 Å². The molecule has 3 rings (SSSR count). The molecule has 18 heavy (non-hydrogen) atoms. The van der Waals surface area contributed by atoms with E-state index in [1.807, 2.05) is 42.5 Å². The van der Waals surface area contributed by atoms with E-state index in [4.69, 9.17) is 11.6 Å². The van der Waals surface area contributed by atoms with Crippen molar-refractivity contribution >= 4 is 38.4 Å². The molecule has 2 aromatic carbocycles. The quantitative estimate of drug-likeness (QED) is 0.553. The molecule has 1 aromatic heterocycles. The van der Waals surface area contributed by atoms with Gasteiger partial charge in [-0.15, -0.1) is 0 Å². The summed E-state index contributed by atoms with van der Waals surface area (Å²) in [5.74, 6) is 0. The fourth-order valence-corrected chi connectivity index (χ4v) is 2.61. The third-order valence-corrected chi connectivity index (χ3v) is 3.47. The minimum absolute atomic E-state index is 0.726. The first kappa shape index (κ1) is 11.7. The lowest BCUT2D eigenvalue weighted by atomic mass is 10.0. The van der Waals surface area contributed by atoms with Crippen LogP contribution < -0.4 is 0 Å². The van der Waals surface area contributed by atoms with E-state index in [0.29, 0.717) is 0 Å². The van der Waals surface area contributed by atoms with E-state index in [1.165, 1.54) is 0 Å². The van der Waals surface area contributed by atoms with Crippen molar-refractivity contribution in [3.63, 3.8) is 0 Å². The first-order valence-corrected chi connectivity index (χ1v) is 6.72. The second kappa shape index (κ2) is 4.71.